The number of nitrogens with two attached hydrogens (primary N) is 1. The van der Waals surface area contributed by atoms with Gasteiger partial charge in [0.25, 0.3) is 0 Å². The molecule has 1 aliphatic carbocycles. The highest BCUT2D eigenvalue weighted by molar-refractivity contribution is 5.94. The molecule has 7 heteroatoms. The molecular formula is C23H26N4O3. The summed E-state index contributed by atoms with van der Waals surface area (Å²) in [6, 6.07) is 14.7. The van der Waals surface area contributed by atoms with Crippen molar-refractivity contribution in [1.29, 1.82) is 5.26 Å². The molecule has 1 aliphatic rings. The Labute approximate surface area is 175 Å². The van der Waals surface area contributed by atoms with Crippen LogP contribution in [0.5, 0.6) is 0 Å². The van der Waals surface area contributed by atoms with Crippen molar-refractivity contribution in [2.45, 2.75) is 37.5 Å². The van der Waals surface area contributed by atoms with Gasteiger partial charge in [0.15, 0.2) is 0 Å². The number of carbonyl (C=O) groups excluding carboxylic acids is 1. The van der Waals surface area contributed by atoms with Gasteiger partial charge >= 0.3 is 5.97 Å². The second kappa shape index (κ2) is 8.97. The first-order valence-electron chi connectivity index (χ1n) is 10.0. The van der Waals surface area contributed by atoms with Crippen LogP contribution in [0.4, 0.5) is 11.4 Å². The molecule has 156 valence electrons. The van der Waals surface area contributed by atoms with Crippen molar-refractivity contribution in [1.82, 2.24) is 5.32 Å². The second-order valence-electron chi connectivity index (χ2n) is 7.79. The van der Waals surface area contributed by atoms with Crippen molar-refractivity contribution in [2.24, 2.45) is 0 Å². The third-order valence-electron chi connectivity index (χ3n) is 5.65. The minimum absolute atomic E-state index is 0.181. The molecular weight excluding hydrogens is 380 g/mol. The number of nitrogens with zero attached hydrogens (tertiary/aromatic N) is 1. The van der Waals surface area contributed by atoms with E-state index in [4.69, 9.17) is 11.0 Å². The van der Waals surface area contributed by atoms with E-state index in [-0.39, 0.29) is 23.9 Å². The van der Waals surface area contributed by atoms with Crippen LogP contribution in [0.1, 0.15) is 48.8 Å². The number of para-hydroxylation sites is 1. The molecule has 2 aromatic carbocycles. The van der Waals surface area contributed by atoms with Crippen molar-refractivity contribution < 1.29 is 14.7 Å². The number of carboxylic acid groups (broad SMARTS) is 1. The zero-order chi connectivity index (χ0) is 21.7. The van der Waals surface area contributed by atoms with Crippen molar-refractivity contribution >= 4 is 23.3 Å². The molecule has 0 radical (unpaired) electrons. The van der Waals surface area contributed by atoms with Gasteiger partial charge in [-0.05, 0) is 42.0 Å². The molecule has 2 aromatic rings. The van der Waals surface area contributed by atoms with Gasteiger partial charge < -0.3 is 21.5 Å². The SMILES string of the molecule is CC(CNCCC(=O)Nc1cccc(C#N)c1N)c1cccc(C2(C(=O)O)CC2)c1. The van der Waals surface area contributed by atoms with E-state index < -0.39 is 11.4 Å². The molecule has 1 amide bonds. The largest absolute Gasteiger partial charge is 0.481 e. The van der Waals surface area contributed by atoms with E-state index in [2.05, 4.69) is 17.6 Å². The van der Waals surface area contributed by atoms with E-state index in [1.54, 1.807) is 18.2 Å². The molecule has 0 bridgehead atoms. The van der Waals surface area contributed by atoms with Gasteiger partial charge in [-0.15, -0.1) is 0 Å². The highest BCUT2D eigenvalue weighted by Crippen LogP contribution is 2.48. The maximum atomic E-state index is 12.2. The normalized spacial score (nSPS) is 15.1. The predicted molar refractivity (Wildman–Crippen MR) is 115 cm³/mol. The summed E-state index contributed by atoms with van der Waals surface area (Å²) >= 11 is 0. The molecule has 3 rings (SSSR count). The quantitative estimate of drug-likeness (QED) is 0.374. The zero-order valence-electron chi connectivity index (χ0n) is 16.9. The van der Waals surface area contributed by atoms with Gasteiger partial charge in [0.05, 0.1) is 22.4 Å². The van der Waals surface area contributed by atoms with Gasteiger partial charge in [0, 0.05) is 19.5 Å². The van der Waals surface area contributed by atoms with E-state index in [9.17, 15) is 14.7 Å². The number of nitrogen functional groups attached to an aromatic ring is 1. The average Bonchev–Trinajstić information content (AvgIpc) is 3.55. The molecule has 5 N–H and O–H groups in total. The number of aliphatic carboxylic acids is 1. The summed E-state index contributed by atoms with van der Waals surface area (Å²) < 4.78 is 0. The van der Waals surface area contributed by atoms with E-state index in [0.29, 0.717) is 37.2 Å². The number of amides is 1. The first-order valence-corrected chi connectivity index (χ1v) is 10.0. The Balaban J connectivity index is 1.47. The Bertz CT molecular complexity index is 992. The fourth-order valence-electron chi connectivity index (χ4n) is 3.52. The maximum Gasteiger partial charge on any atom is 0.314 e. The number of carboxylic acids is 1. The molecule has 0 heterocycles. The van der Waals surface area contributed by atoms with Crippen LogP contribution in [0.25, 0.3) is 0 Å². The summed E-state index contributed by atoms with van der Waals surface area (Å²) in [4.78, 5) is 23.7. The number of hydrogen-bond acceptors (Lipinski definition) is 5. The van der Waals surface area contributed by atoms with Crippen LogP contribution in [0, 0.1) is 11.3 Å². The molecule has 0 aromatic heterocycles. The van der Waals surface area contributed by atoms with Crippen LogP contribution in [-0.2, 0) is 15.0 Å². The molecule has 1 atom stereocenters. The minimum Gasteiger partial charge on any atom is -0.481 e. The summed E-state index contributed by atoms with van der Waals surface area (Å²) in [5.41, 5.74) is 8.17. The molecule has 30 heavy (non-hydrogen) atoms. The van der Waals surface area contributed by atoms with Crippen molar-refractivity contribution in [3.63, 3.8) is 0 Å². The summed E-state index contributed by atoms with van der Waals surface area (Å²) in [6.07, 6.45) is 1.65. The molecule has 0 spiro atoms. The number of carbonyl (C=O) groups is 2. The fraction of sp³-hybridized carbons (Fsp3) is 0.348. The lowest BCUT2D eigenvalue weighted by atomic mass is 9.91. The van der Waals surface area contributed by atoms with Gasteiger partial charge in [-0.1, -0.05) is 37.3 Å². The molecule has 0 saturated heterocycles. The van der Waals surface area contributed by atoms with Crippen LogP contribution >= 0.6 is 0 Å². The first-order chi connectivity index (χ1) is 14.4. The summed E-state index contributed by atoms with van der Waals surface area (Å²) in [7, 11) is 0. The van der Waals surface area contributed by atoms with E-state index in [1.165, 1.54) is 0 Å². The third-order valence-corrected chi connectivity index (χ3v) is 5.65. The van der Waals surface area contributed by atoms with Crippen LogP contribution < -0.4 is 16.4 Å². The fourth-order valence-corrected chi connectivity index (χ4v) is 3.52. The van der Waals surface area contributed by atoms with Crippen molar-refractivity contribution in [3.05, 3.63) is 59.2 Å². The lowest BCUT2D eigenvalue weighted by Gasteiger charge is -2.17. The molecule has 1 unspecified atom stereocenters. The molecule has 0 aliphatic heterocycles. The van der Waals surface area contributed by atoms with Crippen molar-refractivity contribution in [3.8, 4) is 6.07 Å². The Hall–Kier alpha value is -3.37. The van der Waals surface area contributed by atoms with Gasteiger partial charge in [-0.3, -0.25) is 9.59 Å². The minimum atomic E-state index is -0.752. The third kappa shape index (κ3) is 4.61. The number of anilines is 2. The topological polar surface area (TPSA) is 128 Å². The van der Waals surface area contributed by atoms with E-state index in [1.807, 2.05) is 30.3 Å². The van der Waals surface area contributed by atoms with E-state index in [0.717, 1.165) is 11.1 Å². The van der Waals surface area contributed by atoms with Crippen LogP contribution in [0.15, 0.2) is 42.5 Å². The molecule has 1 fully saturated rings. The van der Waals surface area contributed by atoms with Crippen molar-refractivity contribution in [2.75, 3.05) is 24.1 Å². The monoisotopic (exact) mass is 406 g/mol. The first kappa shape index (κ1) is 21.3. The van der Waals surface area contributed by atoms with Gasteiger partial charge in [-0.2, -0.15) is 5.26 Å². The maximum absolute atomic E-state index is 12.2. The number of nitrogens with one attached hydrogen (secondary N) is 2. The highest BCUT2D eigenvalue weighted by Gasteiger charge is 2.51. The number of benzene rings is 2. The van der Waals surface area contributed by atoms with Gasteiger partial charge in [0.1, 0.15) is 6.07 Å². The summed E-state index contributed by atoms with van der Waals surface area (Å²) in [5, 5.41) is 24.5. The predicted octanol–water partition coefficient (Wildman–Crippen LogP) is 2.98. The Morgan fingerprint density at radius 2 is 2.00 bits per heavy atom. The second-order valence-corrected chi connectivity index (χ2v) is 7.79. The standard InChI is InChI=1S/C23H26N4O3/c1-15(16-4-2-6-18(12-16)23(9-10-23)22(29)30)14-26-11-8-20(28)27-19-7-3-5-17(13-24)21(19)25/h2-7,12,15,26H,8-11,14,25H2,1H3,(H,27,28)(H,29,30). The highest BCUT2D eigenvalue weighted by atomic mass is 16.4. The number of hydrogen-bond donors (Lipinski definition) is 4. The number of nitriles is 1. The lowest BCUT2D eigenvalue weighted by molar-refractivity contribution is -0.140. The van der Waals surface area contributed by atoms with Gasteiger partial charge in [0.2, 0.25) is 5.91 Å². The van der Waals surface area contributed by atoms with Crippen LogP contribution in [0.2, 0.25) is 0 Å². The molecule has 7 nitrogen and oxygen atoms in total. The Morgan fingerprint density at radius 1 is 1.27 bits per heavy atom. The summed E-state index contributed by atoms with van der Waals surface area (Å²) in [5.74, 6) is -0.756. The zero-order valence-corrected chi connectivity index (χ0v) is 16.9. The van der Waals surface area contributed by atoms with Crippen LogP contribution in [0.3, 0.4) is 0 Å². The smallest absolute Gasteiger partial charge is 0.314 e. The van der Waals surface area contributed by atoms with Gasteiger partial charge in [-0.25, -0.2) is 0 Å². The molecule has 1 saturated carbocycles. The Morgan fingerprint density at radius 3 is 2.67 bits per heavy atom. The average molecular weight is 406 g/mol. The van der Waals surface area contributed by atoms with Crippen LogP contribution in [-0.4, -0.2) is 30.1 Å². The lowest BCUT2D eigenvalue weighted by Crippen LogP contribution is -2.25. The Kier molecular flexibility index (Phi) is 6.38. The van der Waals surface area contributed by atoms with E-state index >= 15 is 0 Å². The number of rotatable bonds is 9. The summed E-state index contributed by atoms with van der Waals surface area (Å²) in [6.45, 7) is 3.23.